The molecule has 0 aliphatic carbocycles. The Morgan fingerprint density at radius 1 is 0.920 bits per heavy atom. The van der Waals surface area contributed by atoms with Crippen LogP contribution in [0.5, 0.6) is 5.75 Å². The number of hydrogen-bond donors (Lipinski definition) is 5. The molecular formula is C37H53N5O7S. The topological polar surface area (TPSA) is 166 Å². The predicted molar refractivity (Wildman–Crippen MR) is 194 cm³/mol. The number of fused-ring (bicyclic) bond motifs is 2. The molecule has 0 unspecified atom stereocenters. The number of benzene rings is 2. The maximum atomic E-state index is 13.3. The van der Waals surface area contributed by atoms with Gasteiger partial charge in [-0.1, -0.05) is 50.2 Å². The molecular weight excluding hydrogens is 659 g/mol. The standard InChI is InChI=1S/C37H53N5O7S/c1-25(2)19-31-36(47)41-35(27(4)43)37(48)39-15-7-8-17-42(34(46)24-50-23-29-13-6-5-11-26(29)3)18-10-16-38-33(45)22-49-30-14-9-12-28(20-30)21-32(44)40-31/h5-6,9,11-14,20,25,27,31,35,43H,7-8,10,15-19,21-24H2,1-4H3,(H,38,45)(H,39,48)(H,40,44)(H,41,47)/t27-,31-,35+/m1/s1. The fourth-order valence-corrected chi connectivity index (χ4v) is 6.46. The molecule has 3 atom stereocenters. The maximum absolute atomic E-state index is 13.3. The first-order valence-electron chi connectivity index (χ1n) is 17.4. The fourth-order valence-electron chi connectivity index (χ4n) is 5.46. The highest BCUT2D eigenvalue weighted by Gasteiger charge is 2.30. The van der Waals surface area contributed by atoms with Crippen LogP contribution in [-0.2, 0) is 36.1 Å². The lowest BCUT2D eigenvalue weighted by Crippen LogP contribution is -2.57. The minimum Gasteiger partial charge on any atom is -0.484 e. The molecule has 0 aromatic heterocycles. The predicted octanol–water partition coefficient (Wildman–Crippen LogP) is 2.49. The average molecular weight is 712 g/mol. The number of carbonyl (C=O) groups excluding carboxylic acids is 5. The van der Waals surface area contributed by atoms with Crippen LogP contribution in [0.4, 0.5) is 0 Å². The van der Waals surface area contributed by atoms with Crippen molar-refractivity contribution < 1.29 is 33.8 Å². The Bertz CT molecular complexity index is 1440. The van der Waals surface area contributed by atoms with Gasteiger partial charge in [-0.15, -0.1) is 11.8 Å². The van der Waals surface area contributed by atoms with E-state index in [1.165, 1.54) is 18.1 Å². The summed E-state index contributed by atoms with van der Waals surface area (Å²) in [5, 5.41) is 21.4. The number of rotatable bonds is 7. The summed E-state index contributed by atoms with van der Waals surface area (Å²) in [7, 11) is 0. The van der Waals surface area contributed by atoms with Crippen molar-refractivity contribution in [1.82, 2.24) is 26.2 Å². The van der Waals surface area contributed by atoms with Gasteiger partial charge < -0.3 is 36.0 Å². The molecule has 0 saturated carbocycles. The van der Waals surface area contributed by atoms with Gasteiger partial charge in [0, 0.05) is 31.9 Å². The van der Waals surface area contributed by atoms with Crippen LogP contribution < -0.4 is 26.0 Å². The third-order valence-electron chi connectivity index (χ3n) is 8.23. The molecule has 0 spiro atoms. The van der Waals surface area contributed by atoms with Crippen LogP contribution in [0, 0.1) is 12.8 Å². The summed E-state index contributed by atoms with van der Waals surface area (Å²) in [4.78, 5) is 67.0. The summed E-state index contributed by atoms with van der Waals surface area (Å²) in [5.41, 5.74) is 3.00. The summed E-state index contributed by atoms with van der Waals surface area (Å²) in [6.07, 6.45) is 0.833. The van der Waals surface area contributed by atoms with Crippen LogP contribution >= 0.6 is 11.8 Å². The normalized spacial score (nSPS) is 20.0. The minimum atomic E-state index is -1.22. The van der Waals surface area contributed by atoms with Crippen molar-refractivity contribution >= 4 is 41.3 Å². The monoisotopic (exact) mass is 711 g/mol. The number of aliphatic hydroxyl groups excluding tert-OH is 1. The number of thioether (sulfide) groups is 1. The lowest BCUT2D eigenvalue weighted by atomic mass is 10.0. The van der Waals surface area contributed by atoms with Gasteiger partial charge in [-0.05, 0) is 74.3 Å². The van der Waals surface area contributed by atoms with E-state index < -0.39 is 35.9 Å². The number of carbonyl (C=O) groups is 5. The highest BCUT2D eigenvalue weighted by Crippen LogP contribution is 2.17. The molecule has 1 aliphatic heterocycles. The maximum Gasteiger partial charge on any atom is 0.257 e. The summed E-state index contributed by atoms with van der Waals surface area (Å²) in [6, 6.07) is 12.8. The van der Waals surface area contributed by atoms with Crippen molar-refractivity contribution in [2.75, 3.05) is 38.5 Å². The van der Waals surface area contributed by atoms with E-state index in [1.807, 2.05) is 26.0 Å². The fraction of sp³-hybridized carbons (Fsp3) is 0.541. The van der Waals surface area contributed by atoms with Gasteiger partial charge in [0.15, 0.2) is 6.61 Å². The number of hydrogen-bond acceptors (Lipinski definition) is 8. The van der Waals surface area contributed by atoms with Crippen LogP contribution in [0.15, 0.2) is 48.5 Å². The van der Waals surface area contributed by atoms with Crippen LogP contribution in [0.1, 0.15) is 63.1 Å². The summed E-state index contributed by atoms with van der Waals surface area (Å²) in [5.74, 6) is -0.288. The van der Waals surface area contributed by atoms with Gasteiger partial charge in [0.25, 0.3) is 5.91 Å². The number of nitrogens with zero attached hydrogens (tertiary/aromatic N) is 1. The average Bonchev–Trinajstić information content (AvgIpc) is 3.06. The van der Waals surface area contributed by atoms with E-state index in [0.29, 0.717) is 62.4 Å². The molecule has 2 bridgehead atoms. The van der Waals surface area contributed by atoms with Crippen molar-refractivity contribution in [3.63, 3.8) is 0 Å². The Labute approximate surface area is 299 Å². The zero-order valence-electron chi connectivity index (χ0n) is 29.7. The van der Waals surface area contributed by atoms with E-state index in [2.05, 4.69) is 40.3 Å². The molecule has 1 heterocycles. The summed E-state index contributed by atoms with van der Waals surface area (Å²) >= 11 is 1.56. The first-order valence-corrected chi connectivity index (χ1v) is 18.5. The lowest BCUT2D eigenvalue weighted by Gasteiger charge is -2.26. The van der Waals surface area contributed by atoms with Crippen molar-refractivity contribution in [3.8, 4) is 5.75 Å². The van der Waals surface area contributed by atoms with Gasteiger partial charge >= 0.3 is 0 Å². The SMILES string of the molecule is Cc1ccccc1CSCC(=O)N1CCCCNC(=O)[C@H]([C@@H](C)O)NC(=O)[C@@H](CC(C)C)NC(=O)Cc2cccc(c2)OCC(=O)NCCC1. The molecule has 2 aromatic rings. The number of aliphatic hydroxyl groups is 1. The molecule has 50 heavy (non-hydrogen) atoms. The van der Waals surface area contributed by atoms with Crippen molar-refractivity contribution in [2.24, 2.45) is 5.92 Å². The second-order valence-corrected chi connectivity index (χ2v) is 14.1. The Morgan fingerprint density at radius 2 is 1.66 bits per heavy atom. The zero-order chi connectivity index (χ0) is 36.5. The third-order valence-corrected chi connectivity index (χ3v) is 9.20. The molecule has 2 aromatic carbocycles. The Balaban J connectivity index is 1.71. The summed E-state index contributed by atoms with van der Waals surface area (Å²) < 4.78 is 5.68. The Hall–Kier alpha value is -4.10. The zero-order valence-corrected chi connectivity index (χ0v) is 30.5. The van der Waals surface area contributed by atoms with E-state index >= 15 is 0 Å². The highest BCUT2D eigenvalue weighted by atomic mass is 32.2. The van der Waals surface area contributed by atoms with E-state index in [9.17, 15) is 29.1 Å². The Morgan fingerprint density at radius 3 is 2.40 bits per heavy atom. The quantitative estimate of drug-likeness (QED) is 0.292. The molecule has 0 radical (unpaired) electrons. The second-order valence-electron chi connectivity index (χ2n) is 13.1. The molecule has 1 aliphatic rings. The number of nitrogens with one attached hydrogen (secondary N) is 4. The van der Waals surface area contributed by atoms with Crippen LogP contribution in [0.3, 0.4) is 0 Å². The summed E-state index contributed by atoms with van der Waals surface area (Å²) in [6.45, 7) is 8.67. The molecule has 5 N–H and O–H groups in total. The molecule has 0 saturated heterocycles. The van der Waals surface area contributed by atoms with Crippen molar-refractivity contribution in [3.05, 3.63) is 65.2 Å². The second kappa shape index (κ2) is 21.2. The number of aryl methyl sites for hydroxylation is 1. The minimum absolute atomic E-state index is 0.00327. The van der Waals surface area contributed by atoms with Gasteiger partial charge in [0.05, 0.1) is 18.3 Å². The molecule has 3 rings (SSSR count). The van der Waals surface area contributed by atoms with Gasteiger partial charge in [-0.2, -0.15) is 0 Å². The smallest absolute Gasteiger partial charge is 0.257 e. The van der Waals surface area contributed by atoms with Crippen LogP contribution in [0.25, 0.3) is 0 Å². The van der Waals surface area contributed by atoms with Gasteiger partial charge in [-0.3, -0.25) is 24.0 Å². The van der Waals surface area contributed by atoms with Gasteiger partial charge in [0.2, 0.25) is 23.6 Å². The van der Waals surface area contributed by atoms with Crippen molar-refractivity contribution in [2.45, 2.75) is 83.7 Å². The van der Waals surface area contributed by atoms with Crippen LogP contribution in [-0.4, -0.2) is 96.3 Å². The molecule has 5 amide bonds. The van der Waals surface area contributed by atoms with Gasteiger partial charge in [0.1, 0.15) is 17.8 Å². The highest BCUT2D eigenvalue weighted by molar-refractivity contribution is 7.99. The van der Waals surface area contributed by atoms with Gasteiger partial charge in [-0.25, -0.2) is 0 Å². The Kier molecular flexibility index (Phi) is 17.1. The van der Waals surface area contributed by atoms with E-state index in [0.717, 1.165) is 5.75 Å². The third kappa shape index (κ3) is 14.4. The van der Waals surface area contributed by atoms with E-state index in [-0.39, 0.29) is 37.3 Å². The van der Waals surface area contributed by atoms with Crippen molar-refractivity contribution in [1.29, 1.82) is 0 Å². The lowest BCUT2D eigenvalue weighted by molar-refractivity contribution is -0.134. The first-order chi connectivity index (χ1) is 23.9. The first kappa shape index (κ1) is 40.3. The molecule has 274 valence electrons. The molecule has 12 nitrogen and oxygen atoms in total. The van der Waals surface area contributed by atoms with E-state index in [4.69, 9.17) is 4.74 Å². The largest absolute Gasteiger partial charge is 0.484 e. The van der Waals surface area contributed by atoms with E-state index in [1.54, 1.807) is 40.9 Å². The van der Waals surface area contributed by atoms with Crippen LogP contribution in [0.2, 0.25) is 0 Å². The number of ether oxygens (including phenoxy) is 1. The molecule has 13 heteroatoms. The number of amides is 5. The molecule has 0 fully saturated rings.